The van der Waals surface area contributed by atoms with Gasteiger partial charge in [-0.25, -0.2) is 4.39 Å². The van der Waals surface area contributed by atoms with Crippen LogP contribution in [0, 0.1) is 28.5 Å². The minimum atomic E-state index is -1.31. The lowest BCUT2D eigenvalue weighted by atomic mass is 9.69. The fourth-order valence-corrected chi connectivity index (χ4v) is 5.54. The molecular weight excluding hydrogens is 562 g/mol. The molecule has 8 nitrogen and oxygen atoms in total. The first-order chi connectivity index (χ1) is 20.9. The number of nitriles is 2. The Morgan fingerprint density at radius 2 is 1.91 bits per heavy atom. The Morgan fingerprint density at radius 1 is 1.14 bits per heavy atom. The van der Waals surface area contributed by atoms with E-state index in [-0.39, 0.29) is 11.9 Å². The number of hydrazine groups is 2. The molecule has 0 spiro atoms. The van der Waals surface area contributed by atoms with Crippen LogP contribution in [0.1, 0.15) is 48.4 Å². The third-order valence-electron chi connectivity index (χ3n) is 7.70. The zero-order valence-corrected chi connectivity index (χ0v) is 23.9. The summed E-state index contributed by atoms with van der Waals surface area (Å²) in [5.41, 5.74) is 9.20. The summed E-state index contributed by atoms with van der Waals surface area (Å²) in [5.74, 6) is -0.374. The van der Waals surface area contributed by atoms with Crippen molar-refractivity contribution in [1.82, 2.24) is 21.0 Å². The summed E-state index contributed by atoms with van der Waals surface area (Å²) in [7, 11) is 7.10. The average molecular weight is 589 g/mol. The van der Waals surface area contributed by atoms with E-state index in [0.29, 0.717) is 63.0 Å². The van der Waals surface area contributed by atoms with Crippen molar-refractivity contribution in [1.29, 1.82) is 10.5 Å². The van der Waals surface area contributed by atoms with E-state index < -0.39 is 5.44 Å². The monoisotopic (exact) mass is 588 g/mol. The van der Waals surface area contributed by atoms with Crippen LogP contribution in [-0.4, -0.2) is 23.9 Å². The number of fused-ring (bicyclic) bond motifs is 1. The lowest BCUT2D eigenvalue weighted by molar-refractivity contribution is 0.260. The molecular formula is C32H27BClFN8. The number of nitrogens with zero attached hydrogens (tertiary/aromatic N) is 4. The highest BCUT2D eigenvalue weighted by molar-refractivity contribution is 6.36. The molecule has 2 atom stereocenters. The van der Waals surface area contributed by atoms with Crippen molar-refractivity contribution in [2.75, 3.05) is 10.6 Å². The van der Waals surface area contributed by atoms with Crippen molar-refractivity contribution in [2.24, 2.45) is 0 Å². The maximum atomic E-state index is 13.9. The molecule has 3 aromatic carbocycles. The third-order valence-corrected chi connectivity index (χ3v) is 7.99. The second-order valence-electron chi connectivity index (χ2n) is 10.7. The van der Waals surface area contributed by atoms with Gasteiger partial charge in [0.05, 0.1) is 45.0 Å². The Balaban J connectivity index is 1.44. The molecule has 4 aromatic rings. The normalized spacial score (nSPS) is 16.4. The fraction of sp³-hybridized carbons (Fsp3) is 0.219. The van der Waals surface area contributed by atoms with Gasteiger partial charge in [-0.05, 0) is 54.7 Å². The molecule has 11 heteroatoms. The molecule has 0 bridgehead atoms. The Bertz CT molecular complexity index is 1770. The number of pyridine rings is 1. The number of aromatic nitrogens is 1. The lowest BCUT2D eigenvalue weighted by Crippen LogP contribution is -2.45. The van der Waals surface area contributed by atoms with Gasteiger partial charge >= 0.3 is 0 Å². The molecule has 1 saturated carbocycles. The summed E-state index contributed by atoms with van der Waals surface area (Å²) in [4.78, 5) is 4.49. The van der Waals surface area contributed by atoms with Crippen LogP contribution in [0.2, 0.25) is 5.02 Å². The van der Waals surface area contributed by atoms with Gasteiger partial charge in [0.15, 0.2) is 0 Å². The van der Waals surface area contributed by atoms with Crippen LogP contribution in [0.15, 0.2) is 84.8 Å². The van der Waals surface area contributed by atoms with Gasteiger partial charge in [-0.15, -0.1) is 5.53 Å². The molecule has 2 radical (unpaired) electrons. The summed E-state index contributed by atoms with van der Waals surface area (Å²) < 4.78 is 13.9. The van der Waals surface area contributed by atoms with E-state index in [0.717, 1.165) is 18.4 Å². The zero-order valence-electron chi connectivity index (χ0n) is 23.1. The van der Waals surface area contributed by atoms with Crippen molar-refractivity contribution in [3.05, 3.63) is 112 Å². The minimum absolute atomic E-state index is 0.242. The maximum absolute atomic E-state index is 13.9. The van der Waals surface area contributed by atoms with E-state index in [1.165, 1.54) is 18.3 Å². The van der Waals surface area contributed by atoms with Crippen LogP contribution in [-0.2, 0) is 5.44 Å². The number of rotatable bonds is 10. The van der Waals surface area contributed by atoms with Gasteiger partial charge < -0.3 is 16.1 Å². The van der Waals surface area contributed by atoms with Crippen LogP contribution in [0.25, 0.3) is 10.9 Å². The predicted octanol–water partition coefficient (Wildman–Crippen LogP) is 6.12. The Kier molecular flexibility index (Phi) is 7.81. The molecule has 1 fully saturated rings. The zero-order chi connectivity index (χ0) is 30.0. The summed E-state index contributed by atoms with van der Waals surface area (Å²) >= 11 is 6.80. The molecule has 4 N–H and O–H groups in total. The smallest absolute Gasteiger partial charge is 0.123 e. The van der Waals surface area contributed by atoms with E-state index in [2.05, 4.69) is 38.7 Å². The molecule has 1 unspecified atom stereocenters. The third kappa shape index (κ3) is 5.81. The van der Waals surface area contributed by atoms with Crippen LogP contribution < -0.4 is 21.6 Å². The van der Waals surface area contributed by atoms with Crippen molar-refractivity contribution in [3.63, 3.8) is 0 Å². The number of anilines is 2. The summed E-state index contributed by atoms with van der Waals surface area (Å²) in [6.07, 6.45) is 6.41. The molecule has 212 valence electrons. The highest BCUT2D eigenvalue weighted by Crippen LogP contribution is 2.39. The lowest BCUT2D eigenvalue weighted by Gasteiger charge is -2.34. The fourth-order valence-electron chi connectivity index (χ4n) is 5.28. The van der Waals surface area contributed by atoms with E-state index in [4.69, 9.17) is 19.4 Å². The first-order valence-corrected chi connectivity index (χ1v) is 14.3. The van der Waals surface area contributed by atoms with E-state index in [1.54, 1.807) is 18.2 Å². The summed E-state index contributed by atoms with van der Waals surface area (Å²) in [6.45, 7) is 0. The first-order valence-electron chi connectivity index (χ1n) is 14.0. The number of hydrogen-bond acceptors (Lipinski definition) is 8. The molecule has 2 aliphatic rings. The van der Waals surface area contributed by atoms with Gasteiger partial charge in [-0.1, -0.05) is 54.1 Å². The Morgan fingerprint density at radius 3 is 2.60 bits per heavy atom. The molecule has 1 aliphatic carbocycles. The average Bonchev–Trinajstić information content (AvgIpc) is 3.75. The standard InChI is InChI=1S/C32H27BClFN8/c33-32(22-8-10-23(35)11-9-22,29-19-43(42-41-29)25-12-13-25)40-24-15-26-30(21(17-37)18-38-31(26)27(34)16-24)39-28(7-4-14-36)20-5-2-1-3-6-20/h1-3,5-6,8-11,15-16,18-19,25,28,40-42H,4,7,12-13H2,(H,38,39)/t28-,32?/m0/s1. The number of benzene rings is 3. The van der Waals surface area contributed by atoms with E-state index in [1.807, 2.05) is 47.6 Å². The van der Waals surface area contributed by atoms with E-state index >= 15 is 0 Å². The van der Waals surface area contributed by atoms with Gasteiger partial charge in [0.1, 0.15) is 19.7 Å². The molecule has 6 rings (SSSR count). The number of hydrogen-bond donors (Lipinski definition) is 4. The topological polar surface area (TPSA) is 112 Å². The molecule has 0 saturated heterocycles. The predicted molar refractivity (Wildman–Crippen MR) is 166 cm³/mol. The molecule has 1 aliphatic heterocycles. The van der Waals surface area contributed by atoms with E-state index in [9.17, 15) is 14.9 Å². The minimum Gasteiger partial charge on any atom is -0.378 e. The number of halogens is 2. The quantitative estimate of drug-likeness (QED) is 0.164. The van der Waals surface area contributed by atoms with Crippen LogP contribution >= 0.6 is 11.6 Å². The van der Waals surface area contributed by atoms with Gasteiger partial charge in [0, 0.05) is 35.9 Å². The summed E-state index contributed by atoms with van der Waals surface area (Å²) in [6, 6.07) is 23.9. The maximum Gasteiger partial charge on any atom is 0.123 e. The van der Waals surface area contributed by atoms with Crippen LogP contribution in [0.3, 0.4) is 0 Å². The SMILES string of the molecule is [B]C(Nc1cc(Cl)c2ncc(C#N)c(N[C@@H](CCC#N)c3ccccc3)c2c1)(C1=CN(C2CC2)NN1)c1ccc(F)cc1. The van der Waals surface area contributed by atoms with Gasteiger partial charge in [-0.2, -0.15) is 10.5 Å². The highest BCUT2D eigenvalue weighted by atomic mass is 35.5. The van der Waals surface area contributed by atoms with Gasteiger partial charge in [0.2, 0.25) is 0 Å². The van der Waals surface area contributed by atoms with Crippen LogP contribution in [0.4, 0.5) is 15.8 Å². The Labute approximate surface area is 255 Å². The number of nitrogens with one attached hydrogen (secondary N) is 4. The molecule has 43 heavy (non-hydrogen) atoms. The van der Waals surface area contributed by atoms with Crippen LogP contribution in [0.5, 0.6) is 0 Å². The first kappa shape index (κ1) is 28.4. The summed E-state index contributed by atoms with van der Waals surface area (Å²) in [5, 5.41) is 29.2. The molecule has 1 aromatic heterocycles. The van der Waals surface area contributed by atoms with Crippen molar-refractivity contribution < 1.29 is 4.39 Å². The largest absolute Gasteiger partial charge is 0.378 e. The van der Waals surface area contributed by atoms with Crippen molar-refractivity contribution >= 4 is 41.7 Å². The Hall–Kier alpha value is -4.77. The second kappa shape index (κ2) is 11.8. The highest BCUT2D eigenvalue weighted by Gasteiger charge is 2.37. The molecule has 2 heterocycles. The van der Waals surface area contributed by atoms with Crippen molar-refractivity contribution in [2.45, 2.75) is 43.2 Å². The second-order valence-corrected chi connectivity index (χ2v) is 11.1. The van der Waals surface area contributed by atoms with Crippen molar-refractivity contribution in [3.8, 4) is 12.1 Å². The molecule has 0 amide bonds. The van der Waals surface area contributed by atoms with Gasteiger partial charge in [0.25, 0.3) is 0 Å². The van der Waals surface area contributed by atoms with Gasteiger partial charge in [-0.3, -0.25) is 9.99 Å².